The molecule has 6 heteroatoms. The van der Waals surface area contributed by atoms with Crippen LogP contribution in [0.25, 0.3) is 16.9 Å². The number of aromatic nitrogens is 2. The molecule has 2 amide bonds. The second-order valence-corrected chi connectivity index (χ2v) is 6.50. The van der Waals surface area contributed by atoms with Crippen LogP contribution in [0.1, 0.15) is 43.0 Å². The molecule has 6 nitrogen and oxygen atoms in total. The van der Waals surface area contributed by atoms with Crippen LogP contribution in [0.4, 0.5) is 0 Å². The average molecular weight is 376 g/mol. The van der Waals surface area contributed by atoms with E-state index in [9.17, 15) is 9.59 Å². The number of hydrogen-bond donors (Lipinski definition) is 2. The Bertz CT molecular complexity index is 920. The standard InChI is InChI=1S/C22H24N4O2/c1-2-3-6-15-20(27)23-24-22(28)19-16-26(18-13-9-5-10-14-18)25-21(19)17-11-7-4-8-12-17/h4-5,7-14,16H,2-3,6,15H2,1H3,(H,23,27)(H,24,28). The summed E-state index contributed by atoms with van der Waals surface area (Å²) < 4.78 is 1.67. The van der Waals surface area contributed by atoms with Crippen LogP contribution in [-0.4, -0.2) is 21.6 Å². The Morgan fingerprint density at radius 2 is 1.61 bits per heavy atom. The highest BCUT2D eigenvalue weighted by molar-refractivity contribution is 6.00. The van der Waals surface area contributed by atoms with Crippen molar-refractivity contribution >= 4 is 11.8 Å². The van der Waals surface area contributed by atoms with Crippen LogP contribution in [-0.2, 0) is 4.79 Å². The van der Waals surface area contributed by atoms with Gasteiger partial charge in [0.05, 0.1) is 11.3 Å². The first kappa shape index (κ1) is 19.4. The third-order valence-electron chi connectivity index (χ3n) is 4.35. The average Bonchev–Trinajstić information content (AvgIpc) is 3.19. The van der Waals surface area contributed by atoms with E-state index in [-0.39, 0.29) is 5.91 Å². The van der Waals surface area contributed by atoms with Crippen molar-refractivity contribution in [3.63, 3.8) is 0 Å². The highest BCUT2D eigenvalue weighted by atomic mass is 16.2. The van der Waals surface area contributed by atoms with Gasteiger partial charge < -0.3 is 0 Å². The fourth-order valence-corrected chi connectivity index (χ4v) is 2.85. The summed E-state index contributed by atoms with van der Waals surface area (Å²) in [5.41, 5.74) is 7.63. The molecule has 3 aromatic rings. The van der Waals surface area contributed by atoms with Gasteiger partial charge in [0, 0.05) is 18.2 Å². The number of benzene rings is 2. The quantitative estimate of drug-likeness (QED) is 0.485. The van der Waals surface area contributed by atoms with Crippen LogP contribution in [0.15, 0.2) is 66.9 Å². The van der Waals surface area contributed by atoms with E-state index in [0.717, 1.165) is 30.5 Å². The van der Waals surface area contributed by atoms with Crippen molar-refractivity contribution in [2.75, 3.05) is 0 Å². The van der Waals surface area contributed by atoms with Gasteiger partial charge in [-0.2, -0.15) is 5.10 Å². The Labute approximate surface area is 164 Å². The fraction of sp³-hybridized carbons (Fsp3) is 0.227. The van der Waals surface area contributed by atoms with E-state index in [1.807, 2.05) is 60.7 Å². The van der Waals surface area contributed by atoms with Crippen molar-refractivity contribution in [2.45, 2.75) is 32.6 Å². The van der Waals surface area contributed by atoms with Crippen molar-refractivity contribution < 1.29 is 9.59 Å². The number of rotatable bonds is 7. The smallest absolute Gasteiger partial charge is 0.273 e. The fourth-order valence-electron chi connectivity index (χ4n) is 2.85. The maximum Gasteiger partial charge on any atom is 0.273 e. The normalized spacial score (nSPS) is 10.5. The Morgan fingerprint density at radius 1 is 0.929 bits per heavy atom. The summed E-state index contributed by atoms with van der Waals surface area (Å²) in [4.78, 5) is 24.6. The molecule has 2 aromatic carbocycles. The van der Waals surface area contributed by atoms with Crippen LogP contribution >= 0.6 is 0 Å². The number of hydrogen-bond acceptors (Lipinski definition) is 3. The monoisotopic (exact) mass is 376 g/mol. The lowest BCUT2D eigenvalue weighted by Crippen LogP contribution is -2.41. The highest BCUT2D eigenvalue weighted by Gasteiger charge is 2.19. The van der Waals surface area contributed by atoms with Gasteiger partial charge in [-0.1, -0.05) is 68.3 Å². The molecule has 3 rings (SSSR count). The van der Waals surface area contributed by atoms with E-state index in [0.29, 0.717) is 17.7 Å². The van der Waals surface area contributed by atoms with Gasteiger partial charge in [-0.15, -0.1) is 0 Å². The SMILES string of the molecule is CCCCCC(=O)NNC(=O)c1cn(-c2ccccc2)nc1-c1ccccc1. The first-order chi connectivity index (χ1) is 13.7. The number of unbranched alkanes of at least 4 members (excludes halogenated alkanes) is 2. The Hall–Kier alpha value is -3.41. The molecule has 0 saturated heterocycles. The number of carbonyl (C=O) groups excluding carboxylic acids is 2. The number of amides is 2. The minimum atomic E-state index is -0.398. The number of nitrogens with zero attached hydrogens (tertiary/aromatic N) is 2. The van der Waals surface area contributed by atoms with Crippen LogP contribution in [0.5, 0.6) is 0 Å². The van der Waals surface area contributed by atoms with E-state index in [4.69, 9.17) is 0 Å². The number of nitrogens with one attached hydrogen (secondary N) is 2. The zero-order valence-corrected chi connectivity index (χ0v) is 15.9. The summed E-state index contributed by atoms with van der Waals surface area (Å²) in [7, 11) is 0. The zero-order chi connectivity index (χ0) is 19.8. The molecule has 2 N–H and O–H groups in total. The van der Waals surface area contributed by atoms with Crippen molar-refractivity contribution in [3.05, 3.63) is 72.4 Å². The lowest BCUT2D eigenvalue weighted by atomic mass is 10.1. The largest absolute Gasteiger partial charge is 0.273 e. The molecule has 0 atom stereocenters. The van der Waals surface area contributed by atoms with Crippen molar-refractivity contribution in [1.29, 1.82) is 0 Å². The van der Waals surface area contributed by atoms with Crippen molar-refractivity contribution in [3.8, 4) is 16.9 Å². The molecule has 28 heavy (non-hydrogen) atoms. The summed E-state index contributed by atoms with van der Waals surface area (Å²) in [6.07, 6.45) is 4.90. The van der Waals surface area contributed by atoms with Crippen LogP contribution < -0.4 is 10.9 Å². The number of para-hydroxylation sites is 1. The molecule has 0 spiro atoms. The summed E-state index contributed by atoms with van der Waals surface area (Å²) in [5.74, 6) is -0.594. The number of carbonyl (C=O) groups is 2. The van der Waals surface area contributed by atoms with E-state index >= 15 is 0 Å². The molecular formula is C22H24N4O2. The molecule has 0 bridgehead atoms. The van der Waals surface area contributed by atoms with E-state index in [2.05, 4.69) is 22.9 Å². The predicted octanol–water partition coefficient (Wildman–Crippen LogP) is 3.88. The molecule has 0 aliphatic heterocycles. The third-order valence-corrected chi connectivity index (χ3v) is 4.35. The second-order valence-electron chi connectivity index (χ2n) is 6.50. The summed E-state index contributed by atoms with van der Waals surface area (Å²) in [5, 5.41) is 4.60. The van der Waals surface area contributed by atoms with Gasteiger partial charge in [-0.05, 0) is 18.6 Å². The minimum absolute atomic E-state index is 0.196. The van der Waals surface area contributed by atoms with Gasteiger partial charge in [0.15, 0.2) is 0 Å². The van der Waals surface area contributed by atoms with E-state index in [1.54, 1.807) is 10.9 Å². The van der Waals surface area contributed by atoms with Gasteiger partial charge in [-0.3, -0.25) is 20.4 Å². The molecule has 144 valence electrons. The minimum Gasteiger partial charge on any atom is -0.273 e. The summed E-state index contributed by atoms with van der Waals surface area (Å²) >= 11 is 0. The molecule has 0 fully saturated rings. The van der Waals surface area contributed by atoms with Crippen LogP contribution in [0, 0.1) is 0 Å². The maximum absolute atomic E-state index is 12.7. The van der Waals surface area contributed by atoms with Crippen molar-refractivity contribution in [2.24, 2.45) is 0 Å². The zero-order valence-electron chi connectivity index (χ0n) is 15.9. The van der Waals surface area contributed by atoms with E-state index < -0.39 is 5.91 Å². The molecule has 1 aromatic heterocycles. The van der Waals surface area contributed by atoms with Crippen molar-refractivity contribution in [1.82, 2.24) is 20.6 Å². The molecule has 1 heterocycles. The Kier molecular flexibility index (Phi) is 6.57. The highest BCUT2D eigenvalue weighted by Crippen LogP contribution is 2.23. The first-order valence-corrected chi connectivity index (χ1v) is 9.48. The summed E-state index contributed by atoms with van der Waals surface area (Å²) in [6, 6.07) is 19.1. The lowest BCUT2D eigenvalue weighted by molar-refractivity contribution is -0.121. The molecule has 0 aliphatic carbocycles. The Morgan fingerprint density at radius 3 is 2.29 bits per heavy atom. The predicted molar refractivity (Wildman–Crippen MR) is 109 cm³/mol. The Balaban J connectivity index is 1.81. The van der Waals surface area contributed by atoms with Crippen LogP contribution in [0.2, 0.25) is 0 Å². The molecule has 0 radical (unpaired) electrons. The molecular weight excluding hydrogens is 352 g/mol. The van der Waals surface area contributed by atoms with Gasteiger partial charge in [0.25, 0.3) is 5.91 Å². The maximum atomic E-state index is 12.7. The molecule has 0 saturated carbocycles. The van der Waals surface area contributed by atoms with Gasteiger partial charge >= 0.3 is 0 Å². The first-order valence-electron chi connectivity index (χ1n) is 9.48. The lowest BCUT2D eigenvalue weighted by Gasteiger charge is -2.07. The third kappa shape index (κ3) is 4.85. The number of hydrazine groups is 1. The topological polar surface area (TPSA) is 76.0 Å². The molecule has 0 unspecified atom stereocenters. The van der Waals surface area contributed by atoms with Gasteiger partial charge in [-0.25, -0.2) is 4.68 Å². The van der Waals surface area contributed by atoms with Gasteiger partial charge in [0.1, 0.15) is 5.69 Å². The summed E-state index contributed by atoms with van der Waals surface area (Å²) in [6.45, 7) is 2.08. The molecule has 0 aliphatic rings. The van der Waals surface area contributed by atoms with E-state index in [1.165, 1.54) is 0 Å². The van der Waals surface area contributed by atoms with Gasteiger partial charge in [0.2, 0.25) is 5.91 Å². The van der Waals surface area contributed by atoms with Crippen LogP contribution in [0.3, 0.4) is 0 Å². The second kappa shape index (κ2) is 9.50.